The number of carbonyl (C=O) groups is 1. The Hall–Kier alpha value is -0.570. The highest BCUT2D eigenvalue weighted by molar-refractivity contribution is 5.82. The van der Waals surface area contributed by atoms with E-state index < -0.39 is 0 Å². The standard InChI is InChI=1S/C11H20N2O/c12-10(8-4-2-1-3-5-8)11(14)13-9-6-7-9/h8-10H,1-7,12H2,(H,13,14). The van der Waals surface area contributed by atoms with Gasteiger partial charge in [0, 0.05) is 6.04 Å². The van der Waals surface area contributed by atoms with Crippen molar-refractivity contribution in [1.29, 1.82) is 0 Å². The molecule has 2 rings (SSSR count). The number of hydrogen-bond donors (Lipinski definition) is 2. The first-order valence-electron chi connectivity index (χ1n) is 5.83. The Morgan fingerprint density at radius 3 is 2.36 bits per heavy atom. The highest BCUT2D eigenvalue weighted by atomic mass is 16.2. The van der Waals surface area contributed by atoms with Gasteiger partial charge in [0.05, 0.1) is 6.04 Å². The summed E-state index contributed by atoms with van der Waals surface area (Å²) in [5.41, 5.74) is 5.96. The minimum Gasteiger partial charge on any atom is -0.352 e. The molecule has 2 saturated carbocycles. The average molecular weight is 196 g/mol. The largest absolute Gasteiger partial charge is 0.352 e. The molecule has 0 saturated heterocycles. The lowest BCUT2D eigenvalue weighted by atomic mass is 9.84. The molecular weight excluding hydrogens is 176 g/mol. The molecule has 2 fully saturated rings. The Labute approximate surface area is 85.4 Å². The minimum atomic E-state index is -0.254. The summed E-state index contributed by atoms with van der Waals surface area (Å²) in [6, 6.07) is 0.188. The lowest BCUT2D eigenvalue weighted by Crippen LogP contribution is -2.46. The third-order valence-electron chi connectivity index (χ3n) is 3.38. The zero-order valence-corrected chi connectivity index (χ0v) is 8.67. The highest BCUT2D eigenvalue weighted by Crippen LogP contribution is 2.26. The predicted molar refractivity (Wildman–Crippen MR) is 55.7 cm³/mol. The first-order chi connectivity index (χ1) is 6.77. The summed E-state index contributed by atoms with van der Waals surface area (Å²) in [6.45, 7) is 0. The molecule has 3 heteroatoms. The lowest BCUT2D eigenvalue weighted by Gasteiger charge is -2.26. The van der Waals surface area contributed by atoms with E-state index in [4.69, 9.17) is 5.73 Å². The fourth-order valence-corrected chi connectivity index (χ4v) is 2.23. The summed E-state index contributed by atoms with van der Waals surface area (Å²) >= 11 is 0. The molecule has 14 heavy (non-hydrogen) atoms. The van der Waals surface area contributed by atoms with Crippen LogP contribution < -0.4 is 11.1 Å². The Bertz CT molecular complexity index is 207. The van der Waals surface area contributed by atoms with E-state index in [9.17, 15) is 4.79 Å². The second-order valence-electron chi connectivity index (χ2n) is 4.71. The normalized spacial score (nSPS) is 25.8. The van der Waals surface area contributed by atoms with Crippen LogP contribution in [0.25, 0.3) is 0 Å². The lowest BCUT2D eigenvalue weighted by molar-refractivity contribution is -0.123. The third kappa shape index (κ3) is 2.47. The zero-order valence-electron chi connectivity index (χ0n) is 8.67. The molecule has 0 aromatic carbocycles. The van der Waals surface area contributed by atoms with E-state index in [1.54, 1.807) is 0 Å². The maximum atomic E-state index is 11.7. The molecule has 1 atom stereocenters. The van der Waals surface area contributed by atoms with E-state index in [2.05, 4.69) is 5.32 Å². The van der Waals surface area contributed by atoms with Crippen molar-refractivity contribution < 1.29 is 4.79 Å². The van der Waals surface area contributed by atoms with Gasteiger partial charge in [-0.3, -0.25) is 4.79 Å². The van der Waals surface area contributed by atoms with Crippen molar-refractivity contribution in [2.24, 2.45) is 11.7 Å². The summed E-state index contributed by atoms with van der Waals surface area (Å²) in [7, 11) is 0. The Morgan fingerprint density at radius 1 is 1.14 bits per heavy atom. The SMILES string of the molecule is NC(C(=O)NC1CC1)C1CCCCC1. The molecule has 3 N–H and O–H groups in total. The summed E-state index contributed by atoms with van der Waals surface area (Å²) in [4.78, 5) is 11.7. The summed E-state index contributed by atoms with van der Waals surface area (Å²) < 4.78 is 0. The smallest absolute Gasteiger partial charge is 0.237 e. The molecule has 3 nitrogen and oxygen atoms in total. The van der Waals surface area contributed by atoms with Crippen molar-refractivity contribution in [2.45, 2.75) is 57.0 Å². The molecule has 0 spiro atoms. The van der Waals surface area contributed by atoms with E-state index >= 15 is 0 Å². The third-order valence-corrected chi connectivity index (χ3v) is 3.38. The van der Waals surface area contributed by atoms with Gasteiger partial charge < -0.3 is 11.1 Å². The number of hydrogen-bond acceptors (Lipinski definition) is 2. The molecule has 1 amide bonds. The van der Waals surface area contributed by atoms with E-state index in [1.165, 1.54) is 19.3 Å². The maximum Gasteiger partial charge on any atom is 0.237 e. The van der Waals surface area contributed by atoms with Crippen molar-refractivity contribution in [2.75, 3.05) is 0 Å². The molecule has 2 aliphatic carbocycles. The molecule has 0 radical (unpaired) electrons. The van der Waals surface area contributed by atoms with Gasteiger partial charge in [-0.05, 0) is 31.6 Å². The Balaban J connectivity index is 1.78. The zero-order chi connectivity index (χ0) is 9.97. The molecule has 2 aliphatic rings. The quantitative estimate of drug-likeness (QED) is 0.712. The number of rotatable bonds is 3. The van der Waals surface area contributed by atoms with E-state index in [-0.39, 0.29) is 11.9 Å². The Kier molecular flexibility index (Phi) is 3.06. The van der Waals surface area contributed by atoms with Gasteiger partial charge in [-0.15, -0.1) is 0 Å². The van der Waals surface area contributed by atoms with Gasteiger partial charge in [-0.1, -0.05) is 19.3 Å². The van der Waals surface area contributed by atoms with Gasteiger partial charge in [0.25, 0.3) is 0 Å². The van der Waals surface area contributed by atoms with Crippen molar-refractivity contribution in [3.63, 3.8) is 0 Å². The molecule has 0 bridgehead atoms. The number of nitrogens with one attached hydrogen (secondary N) is 1. The molecule has 0 aromatic rings. The van der Waals surface area contributed by atoms with Crippen LogP contribution in [0.2, 0.25) is 0 Å². The van der Waals surface area contributed by atoms with Gasteiger partial charge in [0.2, 0.25) is 5.91 Å². The van der Waals surface area contributed by atoms with Crippen molar-refractivity contribution >= 4 is 5.91 Å². The fourth-order valence-electron chi connectivity index (χ4n) is 2.23. The molecule has 0 aromatic heterocycles. The van der Waals surface area contributed by atoms with Gasteiger partial charge in [-0.2, -0.15) is 0 Å². The van der Waals surface area contributed by atoms with Gasteiger partial charge in [0.15, 0.2) is 0 Å². The second kappa shape index (κ2) is 4.30. The van der Waals surface area contributed by atoms with Gasteiger partial charge >= 0.3 is 0 Å². The molecule has 1 unspecified atom stereocenters. The summed E-state index contributed by atoms with van der Waals surface area (Å²) in [5.74, 6) is 0.516. The fraction of sp³-hybridized carbons (Fsp3) is 0.909. The number of nitrogens with two attached hydrogens (primary N) is 1. The van der Waals surface area contributed by atoms with Crippen molar-refractivity contribution in [3.05, 3.63) is 0 Å². The maximum absolute atomic E-state index is 11.7. The van der Waals surface area contributed by atoms with Gasteiger partial charge in [-0.25, -0.2) is 0 Å². The Morgan fingerprint density at radius 2 is 1.79 bits per heavy atom. The first-order valence-corrected chi connectivity index (χ1v) is 5.83. The second-order valence-corrected chi connectivity index (χ2v) is 4.71. The van der Waals surface area contributed by atoms with Crippen LogP contribution in [0.1, 0.15) is 44.9 Å². The van der Waals surface area contributed by atoms with Gasteiger partial charge in [0.1, 0.15) is 0 Å². The van der Waals surface area contributed by atoms with Crippen LogP contribution in [0, 0.1) is 5.92 Å². The van der Waals surface area contributed by atoms with E-state index in [1.807, 2.05) is 0 Å². The van der Waals surface area contributed by atoms with E-state index in [0.29, 0.717) is 12.0 Å². The van der Waals surface area contributed by atoms with E-state index in [0.717, 1.165) is 25.7 Å². The van der Waals surface area contributed by atoms with Crippen LogP contribution >= 0.6 is 0 Å². The summed E-state index contributed by atoms with van der Waals surface area (Å²) in [6.07, 6.45) is 8.36. The predicted octanol–water partition coefficient (Wildman–Crippen LogP) is 1.17. The average Bonchev–Trinajstić information content (AvgIpc) is 3.02. The van der Waals surface area contributed by atoms with Crippen LogP contribution in [0.3, 0.4) is 0 Å². The van der Waals surface area contributed by atoms with Crippen molar-refractivity contribution in [3.8, 4) is 0 Å². The monoisotopic (exact) mass is 196 g/mol. The first kappa shape index (κ1) is 9.97. The summed E-state index contributed by atoms with van der Waals surface area (Å²) in [5, 5.41) is 2.99. The molecule has 80 valence electrons. The highest BCUT2D eigenvalue weighted by Gasteiger charge is 2.30. The molecular formula is C11H20N2O. The topological polar surface area (TPSA) is 55.1 Å². The van der Waals surface area contributed by atoms with Crippen LogP contribution in [0.5, 0.6) is 0 Å². The molecule has 0 aliphatic heterocycles. The number of amides is 1. The van der Waals surface area contributed by atoms with Crippen LogP contribution in [0.4, 0.5) is 0 Å². The van der Waals surface area contributed by atoms with Crippen molar-refractivity contribution in [1.82, 2.24) is 5.32 Å². The minimum absolute atomic E-state index is 0.0828. The molecule has 0 heterocycles. The van der Waals surface area contributed by atoms with Crippen LogP contribution in [0.15, 0.2) is 0 Å². The van der Waals surface area contributed by atoms with Crippen LogP contribution in [-0.4, -0.2) is 18.0 Å². The van der Waals surface area contributed by atoms with Crippen LogP contribution in [-0.2, 0) is 4.79 Å². The number of carbonyl (C=O) groups excluding carboxylic acids is 1.